The van der Waals surface area contributed by atoms with Crippen molar-refractivity contribution in [2.75, 3.05) is 16.8 Å². The molecule has 3 N–H and O–H groups in total. The van der Waals surface area contributed by atoms with Crippen LogP contribution in [-0.2, 0) is 20.1 Å². The number of amides is 1. The zero-order chi connectivity index (χ0) is 21.7. The molecule has 0 aliphatic carbocycles. The largest absolute Gasteiger partial charge is 0.457 e. The first-order chi connectivity index (χ1) is 14.0. The van der Waals surface area contributed by atoms with Crippen molar-refractivity contribution < 1.29 is 26.7 Å². The number of rotatable bonds is 3. The number of hydrogen-bond donors (Lipinski definition) is 2. The van der Waals surface area contributed by atoms with Gasteiger partial charge in [-0.1, -0.05) is 0 Å². The van der Waals surface area contributed by atoms with Gasteiger partial charge in [0.1, 0.15) is 22.9 Å². The van der Waals surface area contributed by atoms with Crippen molar-refractivity contribution in [3.8, 4) is 0 Å². The fourth-order valence-corrected chi connectivity index (χ4v) is 5.83. The van der Waals surface area contributed by atoms with Crippen LogP contribution in [0.5, 0.6) is 0 Å². The van der Waals surface area contributed by atoms with E-state index >= 15 is 0 Å². The summed E-state index contributed by atoms with van der Waals surface area (Å²) in [6, 6.07) is 6.03. The molecule has 8 nitrogen and oxygen atoms in total. The van der Waals surface area contributed by atoms with E-state index in [2.05, 4.69) is 15.3 Å². The van der Waals surface area contributed by atoms with Crippen LogP contribution in [0.2, 0.25) is 0 Å². The van der Waals surface area contributed by atoms with Gasteiger partial charge in [0.15, 0.2) is 9.84 Å². The lowest BCUT2D eigenvalue weighted by Crippen LogP contribution is -2.62. The van der Waals surface area contributed by atoms with Gasteiger partial charge in [-0.15, -0.1) is 0 Å². The summed E-state index contributed by atoms with van der Waals surface area (Å²) in [4.78, 5) is 20.3. The predicted octanol–water partition coefficient (Wildman–Crippen LogP) is 1.73. The lowest BCUT2D eigenvalue weighted by atomic mass is 9.80. The van der Waals surface area contributed by atoms with Crippen LogP contribution in [0.3, 0.4) is 0 Å². The number of carbonyl (C=O) groups excluding carboxylic acids is 1. The quantitative estimate of drug-likeness (QED) is 0.755. The first-order valence-corrected chi connectivity index (χ1v) is 10.8. The zero-order valence-electron chi connectivity index (χ0n) is 15.9. The Morgan fingerprint density at radius 3 is 2.60 bits per heavy atom. The number of aromatic nitrogens is 1. The molecule has 1 fully saturated rings. The van der Waals surface area contributed by atoms with Gasteiger partial charge < -0.3 is 15.8 Å². The van der Waals surface area contributed by atoms with Crippen LogP contribution in [-0.4, -0.2) is 42.4 Å². The molecule has 30 heavy (non-hydrogen) atoms. The number of amidine groups is 1. The number of carbonyl (C=O) groups is 1. The van der Waals surface area contributed by atoms with Crippen molar-refractivity contribution in [2.45, 2.75) is 24.5 Å². The lowest BCUT2D eigenvalue weighted by molar-refractivity contribution is 0.0310. The molecule has 1 atom stereocenters. The first kappa shape index (κ1) is 20.2. The molecule has 1 spiro atoms. The third-order valence-electron chi connectivity index (χ3n) is 5.07. The fraction of sp³-hybridized carbons (Fsp3) is 0.316. The normalized spacial score (nSPS) is 23.8. The number of nitrogens with zero attached hydrogens (tertiary/aromatic N) is 2. The van der Waals surface area contributed by atoms with Gasteiger partial charge in [0, 0.05) is 17.7 Å². The Kier molecular flexibility index (Phi) is 4.53. The highest BCUT2D eigenvalue weighted by molar-refractivity contribution is 7.93. The smallest absolute Gasteiger partial charge is 0.283 e. The molecule has 2 aromatic rings. The first-order valence-electron chi connectivity index (χ1n) is 8.97. The fourth-order valence-electron chi connectivity index (χ4n) is 3.99. The lowest BCUT2D eigenvalue weighted by Gasteiger charge is -2.47. The summed E-state index contributed by atoms with van der Waals surface area (Å²) < 4.78 is 56.6. The van der Waals surface area contributed by atoms with Gasteiger partial charge in [0.2, 0.25) is 0 Å². The summed E-state index contributed by atoms with van der Waals surface area (Å²) in [7, 11) is -3.23. The van der Waals surface area contributed by atoms with E-state index < -0.39 is 38.5 Å². The van der Waals surface area contributed by atoms with Crippen LogP contribution >= 0.6 is 0 Å². The van der Waals surface area contributed by atoms with Crippen LogP contribution in [0, 0.1) is 11.6 Å². The number of ether oxygens (including phenoxy) is 1. The number of benzene rings is 1. The topological polar surface area (TPSA) is 124 Å². The molecule has 158 valence electrons. The molecule has 4 rings (SSSR count). The second-order valence-electron chi connectivity index (χ2n) is 7.73. The van der Waals surface area contributed by atoms with Crippen molar-refractivity contribution >= 4 is 27.5 Å². The molecule has 11 heteroatoms. The van der Waals surface area contributed by atoms with E-state index in [4.69, 9.17) is 10.5 Å². The average molecular weight is 436 g/mol. The summed E-state index contributed by atoms with van der Waals surface area (Å²) in [5, 5.41) is 2.58. The summed E-state index contributed by atoms with van der Waals surface area (Å²) in [6.07, 6.45) is 1.02. The Bertz CT molecular complexity index is 1160. The van der Waals surface area contributed by atoms with Gasteiger partial charge in [-0.3, -0.25) is 4.79 Å². The Labute approximate surface area is 171 Å². The third kappa shape index (κ3) is 3.72. The van der Waals surface area contributed by atoms with Crippen molar-refractivity contribution in [3.05, 3.63) is 59.4 Å². The molecule has 2 aliphatic rings. The van der Waals surface area contributed by atoms with E-state index in [1.165, 1.54) is 24.3 Å². The highest BCUT2D eigenvalue weighted by Crippen LogP contribution is 2.45. The number of nitrogens with one attached hydrogen (secondary N) is 1. The average Bonchev–Trinajstić information content (AvgIpc) is 2.61. The van der Waals surface area contributed by atoms with Crippen LogP contribution < -0.4 is 11.1 Å². The molecule has 1 aromatic heterocycles. The number of halogens is 2. The number of pyridine rings is 1. The summed E-state index contributed by atoms with van der Waals surface area (Å²) in [5.41, 5.74) is 3.91. The highest BCUT2D eigenvalue weighted by atomic mass is 32.2. The number of sulfone groups is 1. The molecule has 3 heterocycles. The highest BCUT2D eigenvalue weighted by Gasteiger charge is 2.57. The number of aliphatic imine (C=N–C) groups is 1. The molecule has 1 unspecified atom stereocenters. The number of nitrogens with two attached hydrogens (primary N) is 1. The van der Waals surface area contributed by atoms with Gasteiger partial charge in [0.25, 0.3) is 11.9 Å². The maximum atomic E-state index is 14.7. The Morgan fingerprint density at radius 2 is 1.97 bits per heavy atom. The minimum absolute atomic E-state index is 0.0135. The number of hydrogen-bond acceptors (Lipinski definition) is 7. The van der Waals surface area contributed by atoms with E-state index in [9.17, 15) is 22.0 Å². The Balaban J connectivity index is 1.63. The zero-order valence-corrected chi connectivity index (χ0v) is 16.7. The van der Waals surface area contributed by atoms with Crippen LogP contribution in [0.15, 0.2) is 41.5 Å². The maximum absolute atomic E-state index is 14.7. The van der Waals surface area contributed by atoms with Crippen LogP contribution in [0.4, 0.5) is 14.5 Å². The molecular formula is C19H18F2N4O4S. The van der Waals surface area contributed by atoms with Crippen LogP contribution in [0.25, 0.3) is 0 Å². The van der Waals surface area contributed by atoms with Crippen molar-refractivity contribution in [1.82, 2.24) is 4.98 Å². The van der Waals surface area contributed by atoms with E-state index in [-0.39, 0.29) is 40.9 Å². The molecule has 1 aromatic carbocycles. The molecule has 2 aliphatic heterocycles. The standard InChI is InChI=1S/C19H18F2N4O4S/c1-18(8-19(29-17(22)25-18)9-30(27,28)10-19)13-6-12(3-4-14(13)21)24-16(26)15-5-2-11(20)7-23-15/h2-7H,8-10H2,1H3,(H2,22,25)(H,24,26). The van der Waals surface area contributed by atoms with Crippen molar-refractivity contribution in [2.24, 2.45) is 10.7 Å². The minimum atomic E-state index is -3.23. The Hall–Kier alpha value is -3.08. The van der Waals surface area contributed by atoms with E-state index in [0.717, 1.165) is 12.3 Å². The predicted molar refractivity (Wildman–Crippen MR) is 105 cm³/mol. The third-order valence-corrected chi connectivity index (χ3v) is 7.01. The van der Waals surface area contributed by atoms with Crippen LogP contribution in [0.1, 0.15) is 29.4 Å². The molecule has 0 saturated carbocycles. The SMILES string of the molecule is CC1(c2cc(NC(=O)c3ccc(F)cn3)ccc2F)CC2(CS(=O)(=O)C2)OC(N)=N1. The number of anilines is 1. The monoisotopic (exact) mass is 436 g/mol. The van der Waals surface area contributed by atoms with E-state index in [1.807, 2.05) is 0 Å². The van der Waals surface area contributed by atoms with Gasteiger partial charge >= 0.3 is 0 Å². The second-order valence-corrected chi connectivity index (χ2v) is 9.79. The summed E-state index contributed by atoms with van der Waals surface area (Å²) >= 11 is 0. The molecular weight excluding hydrogens is 418 g/mol. The van der Waals surface area contributed by atoms with Gasteiger partial charge in [-0.2, -0.15) is 0 Å². The second kappa shape index (κ2) is 6.73. The maximum Gasteiger partial charge on any atom is 0.283 e. The molecule has 0 radical (unpaired) electrons. The minimum Gasteiger partial charge on any atom is -0.457 e. The van der Waals surface area contributed by atoms with Gasteiger partial charge in [0.05, 0.1) is 23.2 Å². The Morgan fingerprint density at radius 1 is 1.23 bits per heavy atom. The van der Waals surface area contributed by atoms with Crippen molar-refractivity contribution in [3.63, 3.8) is 0 Å². The van der Waals surface area contributed by atoms with E-state index in [0.29, 0.717) is 0 Å². The van der Waals surface area contributed by atoms with E-state index in [1.54, 1.807) is 6.92 Å². The summed E-state index contributed by atoms with van der Waals surface area (Å²) in [5.74, 6) is -2.22. The molecule has 0 bridgehead atoms. The molecule has 1 saturated heterocycles. The molecule has 1 amide bonds. The van der Waals surface area contributed by atoms with Crippen molar-refractivity contribution in [1.29, 1.82) is 0 Å². The van der Waals surface area contributed by atoms with Gasteiger partial charge in [-0.05, 0) is 37.3 Å². The summed E-state index contributed by atoms with van der Waals surface area (Å²) in [6.45, 7) is 1.63. The van der Waals surface area contributed by atoms with Gasteiger partial charge in [-0.25, -0.2) is 27.2 Å².